The fourth-order valence-electron chi connectivity index (χ4n) is 3.22. The minimum Gasteiger partial charge on any atom is -0.497 e. The first kappa shape index (κ1) is 27.5. The number of hydrogen-bond donors (Lipinski definition) is 1. The number of ether oxygens (including phenoxy) is 1. The molecular weight excluding hydrogens is 478 g/mol. The van der Waals surface area contributed by atoms with Crippen molar-refractivity contribution in [2.45, 2.75) is 45.8 Å². The number of rotatable bonds is 11. The highest BCUT2D eigenvalue weighted by atomic mass is 35.5. The predicted octanol–water partition coefficient (Wildman–Crippen LogP) is 3.45. The number of nitrogens with zero attached hydrogens (tertiary/aromatic N) is 2. The Balaban J connectivity index is 2.39. The summed E-state index contributed by atoms with van der Waals surface area (Å²) in [6.07, 6.45) is 1.76. The molecule has 2 atom stereocenters. The summed E-state index contributed by atoms with van der Waals surface area (Å²) in [4.78, 5) is 27.7. The van der Waals surface area contributed by atoms with Crippen molar-refractivity contribution in [3.05, 3.63) is 59.1 Å². The molecule has 0 unspecified atom stereocenters. The molecule has 8 nitrogen and oxygen atoms in total. The Kier molecular flexibility index (Phi) is 9.76. The largest absolute Gasteiger partial charge is 0.497 e. The van der Waals surface area contributed by atoms with Crippen molar-refractivity contribution >= 4 is 39.1 Å². The van der Waals surface area contributed by atoms with Crippen LogP contribution in [0.5, 0.6) is 5.75 Å². The van der Waals surface area contributed by atoms with Crippen LogP contribution in [0, 0.1) is 0 Å². The van der Waals surface area contributed by atoms with E-state index in [1.165, 1.54) is 12.0 Å². The van der Waals surface area contributed by atoms with Crippen LogP contribution in [0.15, 0.2) is 48.5 Å². The number of carbonyl (C=O) groups is 2. The molecule has 186 valence electrons. The van der Waals surface area contributed by atoms with Crippen molar-refractivity contribution < 1.29 is 22.7 Å². The maximum Gasteiger partial charge on any atom is 0.244 e. The molecule has 0 saturated carbocycles. The lowest BCUT2D eigenvalue weighted by molar-refractivity contribution is -0.139. The lowest BCUT2D eigenvalue weighted by Gasteiger charge is -2.32. The maximum absolute atomic E-state index is 13.5. The summed E-state index contributed by atoms with van der Waals surface area (Å²) < 4.78 is 31.3. The fraction of sp³-hybridized carbons (Fsp3) is 0.417. The van der Waals surface area contributed by atoms with Gasteiger partial charge in [-0.1, -0.05) is 36.7 Å². The van der Waals surface area contributed by atoms with E-state index in [1.54, 1.807) is 55.5 Å². The van der Waals surface area contributed by atoms with Crippen LogP contribution in [0.25, 0.3) is 0 Å². The van der Waals surface area contributed by atoms with Gasteiger partial charge in [-0.3, -0.25) is 13.9 Å². The minimum atomic E-state index is -3.80. The average Bonchev–Trinajstić information content (AvgIpc) is 2.80. The number of sulfonamides is 1. The first-order valence-corrected chi connectivity index (χ1v) is 13.2. The van der Waals surface area contributed by atoms with E-state index in [-0.39, 0.29) is 18.5 Å². The van der Waals surface area contributed by atoms with Crippen molar-refractivity contribution in [1.29, 1.82) is 0 Å². The topological polar surface area (TPSA) is 96.0 Å². The lowest BCUT2D eigenvalue weighted by Crippen LogP contribution is -2.52. The van der Waals surface area contributed by atoms with Gasteiger partial charge in [0.15, 0.2) is 0 Å². The SMILES string of the molecule is CC[C@H](C)NC(=O)[C@H](C)N(Cc1ccccc1Cl)C(=O)CN(c1ccc(OC)cc1)S(C)(=O)=O. The normalized spacial score (nSPS) is 13.0. The van der Waals surface area contributed by atoms with E-state index in [2.05, 4.69) is 5.32 Å². The third-order valence-electron chi connectivity index (χ3n) is 5.51. The van der Waals surface area contributed by atoms with Crippen LogP contribution >= 0.6 is 11.6 Å². The molecule has 34 heavy (non-hydrogen) atoms. The molecule has 0 fully saturated rings. The van der Waals surface area contributed by atoms with Gasteiger partial charge < -0.3 is 15.0 Å². The Labute approximate surface area is 206 Å². The van der Waals surface area contributed by atoms with Crippen LogP contribution in [0.2, 0.25) is 5.02 Å². The molecule has 0 aliphatic carbocycles. The summed E-state index contributed by atoms with van der Waals surface area (Å²) in [5.74, 6) is -0.308. The zero-order valence-corrected chi connectivity index (χ0v) is 21.7. The summed E-state index contributed by atoms with van der Waals surface area (Å²) in [7, 11) is -2.29. The van der Waals surface area contributed by atoms with Gasteiger partial charge in [0.05, 0.1) is 19.1 Å². The maximum atomic E-state index is 13.5. The van der Waals surface area contributed by atoms with Gasteiger partial charge in [0.1, 0.15) is 18.3 Å². The van der Waals surface area contributed by atoms with Crippen LogP contribution in [0.3, 0.4) is 0 Å². The number of carbonyl (C=O) groups excluding carboxylic acids is 2. The van der Waals surface area contributed by atoms with E-state index in [0.29, 0.717) is 22.0 Å². The molecule has 0 saturated heterocycles. The number of benzene rings is 2. The second-order valence-electron chi connectivity index (χ2n) is 8.07. The van der Waals surface area contributed by atoms with Gasteiger partial charge in [-0.05, 0) is 56.2 Å². The molecule has 0 aromatic heterocycles. The number of anilines is 1. The van der Waals surface area contributed by atoms with Gasteiger partial charge in [0, 0.05) is 17.6 Å². The average molecular weight is 510 g/mol. The first-order chi connectivity index (χ1) is 16.0. The number of amides is 2. The third-order valence-corrected chi connectivity index (χ3v) is 7.02. The van der Waals surface area contributed by atoms with E-state index in [4.69, 9.17) is 16.3 Å². The molecule has 0 aliphatic rings. The number of halogens is 1. The van der Waals surface area contributed by atoms with E-state index in [0.717, 1.165) is 17.0 Å². The monoisotopic (exact) mass is 509 g/mol. The van der Waals surface area contributed by atoms with Crippen LogP contribution in [0.1, 0.15) is 32.8 Å². The van der Waals surface area contributed by atoms with Crippen LogP contribution in [0.4, 0.5) is 5.69 Å². The van der Waals surface area contributed by atoms with Gasteiger partial charge in [-0.25, -0.2) is 8.42 Å². The standard InChI is InChI=1S/C24H32ClN3O5S/c1-6-17(2)26-24(30)18(3)27(15-19-9-7-8-10-22(19)25)23(29)16-28(34(5,31)32)20-11-13-21(33-4)14-12-20/h7-14,17-18H,6,15-16H2,1-5H3,(H,26,30)/t17-,18-/m0/s1. The number of hydrogen-bond acceptors (Lipinski definition) is 5. The van der Waals surface area contributed by atoms with Crippen LogP contribution < -0.4 is 14.4 Å². The fourth-order valence-corrected chi connectivity index (χ4v) is 4.27. The zero-order chi connectivity index (χ0) is 25.5. The second-order valence-corrected chi connectivity index (χ2v) is 10.4. The van der Waals surface area contributed by atoms with E-state index in [1.807, 2.05) is 13.8 Å². The molecule has 2 amide bonds. The van der Waals surface area contributed by atoms with Crippen molar-refractivity contribution in [1.82, 2.24) is 10.2 Å². The second kappa shape index (κ2) is 12.1. The van der Waals surface area contributed by atoms with Gasteiger partial charge in [-0.2, -0.15) is 0 Å². The van der Waals surface area contributed by atoms with E-state index >= 15 is 0 Å². The van der Waals surface area contributed by atoms with Crippen LogP contribution in [-0.4, -0.2) is 57.1 Å². The Bertz CT molecular complexity index is 1090. The number of nitrogens with one attached hydrogen (secondary N) is 1. The third kappa shape index (κ3) is 7.36. The highest BCUT2D eigenvalue weighted by molar-refractivity contribution is 7.92. The lowest BCUT2D eigenvalue weighted by atomic mass is 10.1. The van der Waals surface area contributed by atoms with Gasteiger partial charge >= 0.3 is 0 Å². The Morgan fingerprint density at radius 2 is 1.71 bits per heavy atom. The van der Waals surface area contributed by atoms with Crippen molar-refractivity contribution in [3.63, 3.8) is 0 Å². The number of methoxy groups -OCH3 is 1. The Morgan fingerprint density at radius 1 is 1.09 bits per heavy atom. The molecule has 0 radical (unpaired) electrons. The van der Waals surface area contributed by atoms with Crippen molar-refractivity contribution in [3.8, 4) is 5.75 Å². The summed E-state index contributed by atoms with van der Waals surface area (Å²) in [5.41, 5.74) is 0.960. The van der Waals surface area contributed by atoms with Gasteiger partial charge in [-0.15, -0.1) is 0 Å². The molecule has 0 heterocycles. The van der Waals surface area contributed by atoms with Crippen molar-refractivity contribution in [2.75, 3.05) is 24.2 Å². The Hall–Kier alpha value is -2.78. The van der Waals surface area contributed by atoms with Crippen molar-refractivity contribution in [2.24, 2.45) is 0 Å². The molecule has 2 aromatic rings. The summed E-state index contributed by atoms with van der Waals surface area (Å²) in [6, 6.07) is 12.4. The summed E-state index contributed by atoms with van der Waals surface area (Å²) in [5, 5.41) is 3.33. The smallest absolute Gasteiger partial charge is 0.244 e. The molecule has 10 heteroatoms. The Morgan fingerprint density at radius 3 is 2.24 bits per heavy atom. The summed E-state index contributed by atoms with van der Waals surface area (Å²) >= 11 is 6.31. The molecule has 0 spiro atoms. The molecule has 2 rings (SSSR count). The van der Waals surface area contributed by atoms with Crippen LogP contribution in [-0.2, 0) is 26.2 Å². The molecule has 0 aliphatic heterocycles. The van der Waals surface area contributed by atoms with Gasteiger partial charge in [0.25, 0.3) is 0 Å². The van der Waals surface area contributed by atoms with E-state index < -0.39 is 28.5 Å². The minimum absolute atomic E-state index is 0.0494. The summed E-state index contributed by atoms with van der Waals surface area (Å²) in [6.45, 7) is 5.01. The predicted molar refractivity (Wildman–Crippen MR) is 135 cm³/mol. The van der Waals surface area contributed by atoms with Gasteiger partial charge in [0.2, 0.25) is 21.8 Å². The van der Waals surface area contributed by atoms with E-state index in [9.17, 15) is 18.0 Å². The zero-order valence-electron chi connectivity index (χ0n) is 20.1. The molecular formula is C24H32ClN3O5S. The molecule has 0 bridgehead atoms. The first-order valence-electron chi connectivity index (χ1n) is 10.9. The molecule has 2 aromatic carbocycles. The molecule has 1 N–H and O–H groups in total. The quantitative estimate of drug-likeness (QED) is 0.500. The highest BCUT2D eigenvalue weighted by Crippen LogP contribution is 2.23. The highest BCUT2D eigenvalue weighted by Gasteiger charge is 2.30.